The molecule has 0 unspecified atom stereocenters. The zero-order valence-electron chi connectivity index (χ0n) is 17.3. The number of nitrogens with zero attached hydrogens (tertiary/aromatic N) is 3. The van der Waals surface area contributed by atoms with E-state index in [1.807, 2.05) is 19.2 Å². The van der Waals surface area contributed by atoms with Crippen LogP contribution in [0.5, 0.6) is 5.75 Å². The number of likely N-dealkylation sites (tertiary alicyclic amines) is 1. The standard InChI is InChI=1S/C22H26N4O3S/c1-15-20(16(2)29-25-15)13-28-19-8-6-17(7-9-19)21(27)24-22-23-18(14-30-22)12-26-10-4-3-5-11-26/h6-9,14H,3-5,10-13H2,1-2H3,(H,23,24,27). The molecule has 1 aromatic carbocycles. The highest BCUT2D eigenvalue weighted by Crippen LogP contribution is 2.21. The van der Waals surface area contributed by atoms with E-state index in [-0.39, 0.29) is 5.91 Å². The first kappa shape index (κ1) is 20.6. The van der Waals surface area contributed by atoms with Crippen molar-refractivity contribution in [3.63, 3.8) is 0 Å². The summed E-state index contributed by atoms with van der Waals surface area (Å²) >= 11 is 1.46. The second-order valence-electron chi connectivity index (χ2n) is 7.55. The summed E-state index contributed by atoms with van der Waals surface area (Å²) < 4.78 is 10.9. The molecule has 0 spiro atoms. The Bertz CT molecular complexity index is 971. The van der Waals surface area contributed by atoms with Crippen molar-refractivity contribution >= 4 is 22.4 Å². The first-order valence-corrected chi connectivity index (χ1v) is 11.1. The SMILES string of the molecule is Cc1noc(C)c1COc1ccc(C(=O)Nc2nc(CN3CCCCC3)cs2)cc1. The molecular weight excluding hydrogens is 400 g/mol. The highest BCUT2D eigenvalue weighted by atomic mass is 32.1. The third kappa shape index (κ3) is 5.06. The van der Waals surface area contributed by atoms with Crippen LogP contribution in [0, 0.1) is 13.8 Å². The number of anilines is 1. The second kappa shape index (κ2) is 9.40. The molecule has 30 heavy (non-hydrogen) atoms. The van der Waals surface area contributed by atoms with E-state index in [4.69, 9.17) is 9.26 Å². The molecule has 1 saturated heterocycles. The number of carbonyl (C=O) groups is 1. The molecule has 1 aliphatic heterocycles. The van der Waals surface area contributed by atoms with Crippen LogP contribution in [0.15, 0.2) is 34.2 Å². The maximum Gasteiger partial charge on any atom is 0.257 e. The van der Waals surface area contributed by atoms with E-state index in [0.717, 1.165) is 42.3 Å². The van der Waals surface area contributed by atoms with E-state index in [2.05, 4.69) is 20.4 Å². The Balaban J connectivity index is 1.30. The normalized spacial score (nSPS) is 14.6. The minimum atomic E-state index is -0.175. The lowest BCUT2D eigenvalue weighted by atomic mass is 10.1. The van der Waals surface area contributed by atoms with Gasteiger partial charge in [0.2, 0.25) is 0 Å². The molecule has 2 aromatic heterocycles. The van der Waals surface area contributed by atoms with Crippen LogP contribution in [-0.4, -0.2) is 34.0 Å². The molecule has 1 N–H and O–H groups in total. The van der Waals surface area contributed by atoms with Crippen LogP contribution in [-0.2, 0) is 13.2 Å². The number of benzene rings is 1. The smallest absolute Gasteiger partial charge is 0.257 e. The van der Waals surface area contributed by atoms with Crippen molar-refractivity contribution in [2.75, 3.05) is 18.4 Å². The summed E-state index contributed by atoms with van der Waals surface area (Å²) in [4.78, 5) is 19.5. The minimum absolute atomic E-state index is 0.175. The number of amides is 1. The summed E-state index contributed by atoms with van der Waals surface area (Å²) in [6.45, 7) is 7.24. The topological polar surface area (TPSA) is 80.5 Å². The molecule has 1 aliphatic rings. The molecular formula is C22H26N4O3S. The van der Waals surface area contributed by atoms with Crippen LogP contribution >= 0.6 is 11.3 Å². The first-order chi connectivity index (χ1) is 14.6. The number of thiazole rings is 1. The maximum absolute atomic E-state index is 12.5. The summed E-state index contributed by atoms with van der Waals surface area (Å²) in [7, 11) is 0. The van der Waals surface area contributed by atoms with Crippen molar-refractivity contribution in [2.45, 2.75) is 46.3 Å². The van der Waals surface area contributed by atoms with Crippen LogP contribution in [0.3, 0.4) is 0 Å². The highest BCUT2D eigenvalue weighted by molar-refractivity contribution is 7.13. The van der Waals surface area contributed by atoms with E-state index < -0.39 is 0 Å². The predicted octanol–water partition coefficient (Wildman–Crippen LogP) is 4.57. The molecule has 1 amide bonds. The molecule has 0 saturated carbocycles. The van der Waals surface area contributed by atoms with Crippen molar-refractivity contribution in [1.82, 2.24) is 15.0 Å². The monoisotopic (exact) mass is 426 g/mol. The van der Waals surface area contributed by atoms with Gasteiger partial charge in [0.15, 0.2) is 5.13 Å². The van der Waals surface area contributed by atoms with Crippen LogP contribution in [0.2, 0.25) is 0 Å². The fourth-order valence-electron chi connectivity index (χ4n) is 3.52. The number of hydrogen-bond acceptors (Lipinski definition) is 7. The van der Waals surface area contributed by atoms with Crippen molar-refractivity contribution in [3.05, 3.63) is 57.9 Å². The fraction of sp³-hybridized carbons (Fsp3) is 0.409. The summed E-state index contributed by atoms with van der Waals surface area (Å²) in [5.74, 6) is 1.27. The second-order valence-corrected chi connectivity index (χ2v) is 8.41. The van der Waals surface area contributed by atoms with E-state index in [1.54, 1.807) is 24.3 Å². The van der Waals surface area contributed by atoms with E-state index in [9.17, 15) is 4.79 Å². The van der Waals surface area contributed by atoms with Crippen molar-refractivity contribution in [3.8, 4) is 5.75 Å². The van der Waals surface area contributed by atoms with E-state index in [1.165, 1.54) is 30.6 Å². The molecule has 0 bridgehead atoms. The van der Waals surface area contributed by atoms with Gasteiger partial charge in [-0.15, -0.1) is 11.3 Å². The lowest BCUT2D eigenvalue weighted by Gasteiger charge is -2.25. The van der Waals surface area contributed by atoms with E-state index in [0.29, 0.717) is 23.1 Å². The fourth-order valence-corrected chi connectivity index (χ4v) is 4.22. The van der Waals surface area contributed by atoms with Crippen molar-refractivity contribution in [2.24, 2.45) is 0 Å². The number of ether oxygens (including phenoxy) is 1. The number of nitrogens with one attached hydrogen (secondary N) is 1. The van der Waals surface area contributed by atoms with Gasteiger partial charge in [0.05, 0.1) is 17.0 Å². The van der Waals surface area contributed by atoms with Crippen LogP contribution in [0.4, 0.5) is 5.13 Å². The van der Waals surface area contributed by atoms with Gasteiger partial charge in [0, 0.05) is 17.5 Å². The molecule has 8 heteroatoms. The number of hydrogen-bond donors (Lipinski definition) is 1. The summed E-state index contributed by atoms with van der Waals surface area (Å²) in [5, 5.41) is 9.47. The summed E-state index contributed by atoms with van der Waals surface area (Å²) in [5.41, 5.74) is 3.35. The number of rotatable bonds is 7. The minimum Gasteiger partial charge on any atom is -0.489 e. The quantitative estimate of drug-likeness (QED) is 0.596. The Labute approximate surface area is 180 Å². The Morgan fingerprint density at radius 2 is 1.97 bits per heavy atom. The molecule has 4 rings (SSSR count). The third-order valence-electron chi connectivity index (χ3n) is 5.29. The average molecular weight is 427 g/mol. The number of piperidine rings is 1. The summed E-state index contributed by atoms with van der Waals surface area (Å²) in [6.07, 6.45) is 3.83. The number of carbonyl (C=O) groups excluding carboxylic acids is 1. The number of aromatic nitrogens is 2. The largest absolute Gasteiger partial charge is 0.489 e. The number of aryl methyl sites for hydroxylation is 2. The van der Waals surface area contributed by atoms with Crippen molar-refractivity contribution < 1.29 is 14.1 Å². The van der Waals surface area contributed by atoms with Gasteiger partial charge in [-0.1, -0.05) is 11.6 Å². The molecule has 158 valence electrons. The Hall–Kier alpha value is -2.71. The Kier molecular flexibility index (Phi) is 6.44. The predicted molar refractivity (Wildman–Crippen MR) is 116 cm³/mol. The molecule has 3 aromatic rings. The lowest BCUT2D eigenvalue weighted by molar-refractivity contribution is 0.102. The van der Waals surface area contributed by atoms with Gasteiger partial charge in [0.1, 0.15) is 18.1 Å². The van der Waals surface area contributed by atoms with E-state index >= 15 is 0 Å². The zero-order chi connectivity index (χ0) is 20.9. The van der Waals surface area contributed by atoms with Gasteiger partial charge in [-0.05, 0) is 64.0 Å². The van der Waals surface area contributed by atoms with Gasteiger partial charge in [-0.25, -0.2) is 4.98 Å². The highest BCUT2D eigenvalue weighted by Gasteiger charge is 2.14. The zero-order valence-corrected chi connectivity index (χ0v) is 18.1. The molecule has 1 fully saturated rings. The molecule has 7 nitrogen and oxygen atoms in total. The van der Waals surface area contributed by atoms with Gasteiger partial charge in [0.25, 0.3) is 5.91 Å². The Morgan fingerprint density at radius 3 is 2.67 bits per heavy atom. The maximum atomic E-state index is 12.5. The molecule has 0 radical (unpaired) electrons. The van der Waals surface area contributed by atoms with Gasteiger partial charge in [-0.3, -0.25) is 15.0 Å². The Morgan fingerprint density at radius 1 is 1.20 bits per heavy atom. The van der Waals surface area contributed by atoms with Crippen LogP contribution < -0.4 is 10.1 Å². The molecule has 0 aliphatic carbocycles. The van der Waals surface area contributed by atoms with Crippen molar-refractivity contribution in [1.29, 1.82) is 0 Å². The average Bonchev–Trinajstić information content (AvgIpc) is 3.33. The van der Waals surface area contributed by atoms with Gasteiger partial charge >= 0.3 is 0 Å². The van der Waals surface area contributed by atoms with Crippen LogP contribution in [0.25, 0.3) is 0 Å². The first-order valence-electron chi connectivity index (χ1n) is 10.2. The lowest BCUT2D eigenvalue weighted by Crippen LogP contribution is -2.29. The third-order valence-corrected chi connectivity index (χ3v) is 6.09. The molecule has 0 atom stereocenters. The summed E-state index contributed by atoms with van der Waals surface area (Å²) in [6, 6.07) is 7.08. The van der Waals surface area contributed by atoms with Gasteiger partial charge in [-0.2, -0.15) is 0 Å². The van der Waals surface area contributed by atoms with Gasteiger partial charge < -0.3 is 9.26 Å². The van der Waals surface area contributed by atoms with Crippen LogP contribution in [0.1, 0.15) is 52.3 Å². The molecule has 3 heterocycles.